The number of halogens is 1. The highest BCUT2D eigenvalue weighted by molar-refractivity contribution is 7.85. The normalized spacial score (nSPS) is 12.4. The molecule has 0 aliphatic heterocycles. The maximum Gasteiger partial charge on any atom is 0.123 e. The molecule has 2 rings (SSSR count). The smallest absolute Gasteiger partial charge is 0.123 e. The van der Waals surface area contributed by atoms with Gasteiger partial charge in [0, 0.05) is 15.5 Å². The molecule has 0 radical (unpaired) electrons. The molecule has 0 fully saturated rings. The van der Waals surface area contributed by atoms with Gasteiger partial charge in [0.05, 0.1) is 10.8 Å². The van der Waals surface area contributed by atoms with Crippen LogP contribution in [0.3, 0.4) is 0 Å². The standard InChI is InChI=1S/C13H12FNOS/c1-9-6-11(15)8-13(7-9)17(16)12-4-2-10(14)3-5-12/h2-8H,15H2,1H3. The highest BCUT2D eigenvalue weighted by Gasteiger charge is 2.08. The molecule has 2 aromatic carbocycles. The van der Waals surface area contributed by atoms with Gasteiger partial charge < -0.3 is 5.73 Å². The van der Waals surface area contributed by atoms with E-state index in [4.69, 9.17) is 5.73 Å². The average molecular weight is 249 g/mol. The van der Waals surface area contributed by atoms with Crippen LogP contribution >= 0.6 is 0 Å². The second-order valence-corrected chi connectivity index (χ2v) is 5.28. The summed E-state index contributed by atoms with van der Waals surface area (Å²) < 4.78 is 25.0. The molecule has 1 atom stereocenters. The third-order valence-corrected chi connectivity index (χ3v) is 3.68. The zero-order valence-corrected chi connectivity index (χ0v) is 10.1. The molecule has 0 saturated carbocycles. The van der Waals surface area contributed by atoms with Gasteiger partial charge in [-0.3, -0.25) is 0 Å². The first-order chi connectivity index (χ1) is 8.06. The van der Waals surface area contributed by atoms with Crippen LogP contribution in [0.4, 0.5) is 10.1 Å². The van der Waals surface area contributed by atoms with Gasteiger partial charge in [-0.1, -0.05) is 0 Å². The molecule has 2 N–H and O–H groups in total. The Kier molecular flexibility index (Phi) is 3.24. The number of hydrogen-bond donors (Lipinski definition) is 1. The fraction of sp³-hybridized carbons (Fsp3) is 0.0769. The molecule has 0 aliphatic rings. The lowest BCUT2D eigenvalue weighted by atomic mass is 10.2. The third kappa shape index (κ3) is 2.71. The van der Waals surface area contributed by atoms with Crippen molar-refractivity contribution in [1.82, 2.24) is 0 Å². The molecule has 0 amide bonds. The molecule has 0 heterocycles. The van der Waals surface area contributed by atoms with Gasteiger partial charge in [-0.05, 0) is 55.0 Å². The van der Waals surface area contributed by atoms with Gasteiger partial charge in [0.25, 0.3) is 0 Å². The van der Waals surface area contributed by atoms with E-state index in [1.807, 2.05) is 19.1 Å². The highest BCUT2D eigenvalue weighted by atomic mass is 32.2. The van der Waals surface area contributed by atoms with Crippen LogP contribution in [0.2, 0.25) is 0 Å². The van der Waals surface area contributed by atoms with E-state index >= 15 is 0 Å². The average Bonchev–Trinajstić information content (AvgIpc) is 2.28. The van der Waals surface area contributed by atoms with Crippen LogP contribution in [-0.2, 0) is 10.8 Å². The zero-order valence-electron chi connectivity index (χ0n) is 9.31. The van der Waals surface area contributed by atoms with Gasteiger partial charge >= 0.3 is 0 Å². The lowest BCUT2D eigenvalue weighted by Crippen LogP contribution is -1.96. The predicted molar refractivity (Wildman–Crippen MR) is 66.7 cm³/mol. The Morgan fingerprint density at radius 2 is 1.71 bits per heavy atom. The van der Waals surface area contributed by atoms with Crippen molar-refractivity contribution < 1.29 is 8.60 Å². The summed E-state index contributed by atoms with van der Waals surface area (Å²) in [7, 11) is -1.32. The minimum absolute atomic E-state index is 0.338. The number of anilines is 1. The molecule has 88 valence electrons. The second-order valence-electron chi connectivity index (χ2n) is 3.80. The highest BCUT2D eigenvalue weighted by Crippen LogP contribution is 2.20. The summed E-state index contributed by atoms with van der Waals surface area (Å²) in [5, 5.41) is 0. The lowest BCUT2D eigenvalue weighted by molar-refractivity contribution is 0.626. The van der Waals surface area contributed by atoms with Gasteiger partial charge in [-0.2, -0.15) is 0 Å². The Morgan fingerprint density at radius 3 is 2.29 bits per heavy atom. The Labute approximate surface area is 102 Å². The number of nitrogen functional groups attached to an aromatic ring is 1. The van der Waals surface area contributed by atoms with E-state index in [0.717, 1.165) is 5.56 Å². The van der Waals surface area contributed by atoms with Gasteiger partial charge in [0.1, 0.15) is 5.82 Å². The molecule has 0 aromatic heterocycles. The maximum absolute atomic E-state index is 12.8. The summed E-state index contributed by atoms with van der Waals surface area (Å²) in [5.41, 5.74) is 7.24. The molecule has 0 spiro atoms. The van der Waals surface area contributed by atoms with Crippen molar-refractivity contribution in [2.75, 3.05) is 5.73 Å². The molecule has 0 saturated heterocycles. The first-order valence-electron chi connectivity index (χ1n) is 5.11. The molecule has 2 nitrogen and oxygen atoms in total. The number of hydrogen-bond acceptors (Lipinski definition) is 2. The van der Waals surface area contributed by atoms with Crippen molar-refractivity contribution in [2.45, 2.75) is 16.7 Å². The summed E-state index contributed by atoms with van der Waals surface area (Å²) in [6.45, 7) is 1.89. The summed E-state index contributed by atoms with van der Waals surface area (Å²) in [6.07, 6.45) is 0. The summed E-state index contributed by atoms with van der Waals surface area (Å²) in [4.78, 5) is 1.20. The van der Waals surface area contributed by atoms with Crippen molar-refractivity contribution in [3.63, 3.8) is 0 Å². The van der Waals surface area contributed by atoms with Crippen LogP contribution in [0.1, 0.15) is 5.56 Å². The van der Waals surface area contributed by atoms with E-state index in [9.17, 15) is 8.60 Å². The van der Waals surface area contributed by atoms with Crippen molar-refractivity contribution >= 4 is 16.5 Å². The maximum atomic E-state index is 12.8. The van der Waals surface area contributed by atoms with E-state index in [1.165, 1.54) is 24.3 Å². The monoisotopic (exact) mass is 249 g/mol. The zero-order chi connectivity index (χ0) is 12.4. The topological polar surface area (TPSA) is 43.1 Å². The second kappa shape index (κ2) is 4.67. The Morgan fingerprint density at radius 1 is 1.06 bits per heavy atom. The van der Waals surface area contributed by atoms with Gasteiger partial charge in [-0.15, -0.1) is 0 Å². The SMILES string of the molecule is Cc1cc(N)cc(S(=O)c2ccc(F)cc2)c1. The first kappa shape index (κ1) is 11.8. The van der Waals surface area contributed by atoms with Crippen molar-refractivity contribution in [3.8, 4) is 0 Å². The number of benzene rings is 2. The molecule has 1 unspecified atom stereocenters. The molecular formula is C13H12FNOS. The van der Waals surface area contributed by atoms with Gasteiger partial charge in [-0.25, -0.2) is 8.60 Å². The third-order valence-electron chi connectivity index (χ3n) is 2.31. The Balaban J connectivity index is 2.40. The van der Waals surface area contributed by atoms with Crippen molar-refractivity contribution in [2.24, 2.45) is 0 Å². The summed E-state index contributed by atoms with van der Waals surface area (Å²) in [5.74, 6) is -0.338. The fourth-order valence-electron chi connectivity index (χ4n) is 1.58. The Hall–Kier alpha value is -1.68. The molecule has 2 aromatic rings. The Bertz CT molecular complexity index is 546. The quantitative estimate of drug-likeness (QED) is 0.832. The van der Waals surface area contributed by atoms with Crippen LogP contribution in [0.15, 0.2) is 52.3 Å². The minimum Gasteiger partial charge on any atom is -0.399 e. The van der Waals surface area contributed by atoms with Crippen LogP contribution in [0, 0.1) is 12.7 Å². The molecular weight excluding hydrogens is 237 g/mol. The van der Waals surface area contributed by atoms with Crippen LogP contribution in [-0.4, -0.2) is 4.21 Å². The van der Waals surface area contributed by atoms with E-state index < -0.39 is 10.8 Å². The van der Waals surface area contributed by atoms with Gasteiger partial charge in [0.15, 0.2) is 0 Å². The van der Waals surface area contributed by atoms with E-state index in [1.54, 1.807) is 6.07 Å². The number of nitrogens with two attached hydrogens (primary N) is 1. The molecule has 0 bridgehead atoms. The summed E-state index contributed by atoms with van der Waals surface area (Å²) in [6, 6.07) is 10.9. The number of aryl methyl sites for hydroxylation is 1. The fourth-order valence-corrected chi connectivity index (χ4v) is 2.77. The van der Waals surface area contributed by atoms with Crippen molar-refractivity contribution in [3.05, 3.63) is 53.8 Å². The lowest BCUT2D eigenvalue weighted by Gasteiger charge is -2.05. The largest absolute Gasteiger partial charge is 0.399 e. The van der Waals surface area contributed by atoms with E-state index in [-0.39, 0.29) is 5.82 Å². The van der Waals surface area contributed by atoms with Crippen LogP contribution in [0.25, 0.3) is 0 Å². The first-order valence-corrected chi connectivity index (χ1v) is 6.26. The molecule has 0 aliphatic carbocycles. The van der Waals surface area contributed by atoms with E-state index in [2.05, 4.69) is 0 Å². The van der Waals surface area contributed by atoms with Gasteiger partial charge in [0.2, 0.25) is 0 Å². The van der Waals surface area contributed by atoms with E-state index in [0.29, 0.717) is 15.5 Å². The molecule has 4 heteroatoms. The van der Waals surface area contributed by atoms with Crippen LogP contribution < -0.4 is 5.73 Å². The van der Waals surface area contributed by atoms with Crippen molar-refractivity contribution in [1.29, 1.82) is 0 Å². The summed E-state index contributed by atoms with van der Waals surface area (Å²) >= 11 is 0. The minimum atomic E-state index is -1.32. The van der Waals surface area contributed by atoms with Crippen LogP contribution in [0.5, 0.6) is 0 Å². The number of rotatable bonds is 2. The molecule has 17 heavy (non-hydrogen) atoms. The predicted octanol–water partition coefficient (Wildman–Crippen LogP) is 2.88.